The van der Waals surface area contributed by atoms with E-state index in [2.05, 4.69) is 0 Å². The summed E-state index contributed by atoms with van der Waals surface area (Å²) in [6.45, 7) is 2.28. The lowest BCUT2D eigenvalue weighted by molar-refractivity contribution is -0.150. The van der Waals surface area contributed by atoms with Crippen LogP contribution in [0, 0.1) is 5.92 Å². The van der Waals surface area contributed by atoms with Crippen molar-refractivity contribution in [3.63, 3.8) is 0 Å². The topological polar surface area (TPSA) is 63.4 Å². The predicted octanol–water partition coefficient (Wildman–Crippen LogP) is 1.55. The number of likely N-dealkylation sites (tertiary alicyclic amines) is 1. The smallest absolute Gasteiger partial charge is 0.229 e. The van der Waals surface area contributed by atoms with E-state index >= 15 is 0 Å². The summed E-state index contributed by atoms with van der Waals surface area (Å²) < 4.78 is 0. The SMILES string of the molecule is CC1CC(=O)N(Cc2ccc(N)cc2)C(=O)C1. The van der Waals surface area contributed by atoms with Gasteiger partial charge in [0, 0.05) is 18.5 Å². The second-order valence-corrected chi connectivity index (χ2v) is 4.63. The molecule has 4 nitrogen and oxygen atoms in total. The Labute approximate surface area is 100 Å². The molecule has 0 unspecified atom stereocenters. The van der Waals surface area contributed by atoms with Crippen LogP contribution in [0.4, 0.5) is 5.69 Å². The number of benzene rings is 1. The Hall–Kier alpha value is -1.84. The number of carbonyl (C=O) groups is 2. The van der Waals surface area contributed by atoms with Crippen molar-refractivity contribution in [3.05, 3.63) is 29.8 Å². The summed E-state index contributed by atoms with van der Waals surface area (Å²) in [7, 11) is 0. The first kappa shape index (κ1) is 11.6. The Balaban J connectivity index is 2.10. The fraction of sp³-hybridized carbons (Fsp3) is 0.385. The van der Waals surface area contributed by atoms with Crippen molar-refractivity contribution in [3.8, 4) is 0 Å². The van der Waals surface area contributed by atoms with Crippen LogP contribution in [0.15, 0.2) is 24.3 Å². The molecule has 2 amide bonds. The van der Waals surface area contributed by atoms with Gasteiger partial charge in [0.15, 0.2) is 0 Å². The molecule has 4 heteroatoms. The van der Waals surface area contributed by atoms with Gasteiger partial charge in [-0.05, 0) is 23.6 Å². The summed E-state index contributed by atoms with van der Waals surface area (Å²) in [4.78, 5) is 24.9. The molecule has 1 saturated heterocycles. The molecule has 90 valence electrons. The van der Waals surface area contributed by atoms with Crippen molar-refractivity contribution in [1.82, 2.24) is 4.90 Å². The van der Waals surface area contributed by atoms with Gasteiger partial charge in [-0.2, -0.15) is 0 Å². The molecule has 0 aromatic heterocycles. The van der Waals surface area contributed by atoms with E-state index in [4.69, 9.17) is 5.73 Å². The number of rotatable bonds is 2. The van der Waals surface area contributed by atoms with Crippen molar-refractivity contribution in [2.45, 2.75) is 26.3 Å². The number of nitrogens with two attached hydrogens (primary N) is 1. The standard InChI is InChI=1S/C13H16N2O2/c1-9-6-12(16)15(13(17)7-9)8-10-2-4-11(14)5-3-10/h2-5,9H,6-8,14H2,1H3. The van der Waals surface area contributed by atoms with E-state index < -0.39 is 0 Å². The van der Waals surface area contributed by atoms with Crippen LogP contribution < -0.4 is 5.73 Å². The van der Waals surface area contributed by atoms with Crippen LogP contribution in [-0.4, -0.2) is 16.7 Å². The minimum atomic E-state index is -0.0782. The number of carbonyl (C=O) groups excluding carboxylic acids is 2. The highest BCUT2D eigenvalue weighted by molar-refractivity contribution is 5.97. The molecular weight excluding hydrogens is 216 g/mol. The minimum absolute atomic E-state index is 0.0782. The van der Waals surface area contributed by atoms with Gasteiger partial charge in [0.25, 0.3) is 0 Å². The Bertz CT molecular complexity index is 421. The maximum atomic E-state index is 11.8. The van der Waals surface area contributed by atoms with Gasteiger partial charge in [0.05, 0.1) is 6.54 Å². The molecule has 0 atom stereocenters. The van der Waals surface area contributed by atoms with E-state index in [0.29, 0.717) is 25.1 Å². The molecule has 0 saturated carbocycles. The number of amides is 2. The van der Waals surface area contributed by atoms with Crippen molar-refractivity contribution >= 4 is 17.5 Å². The van der Waals surface area contributed by atoms with Crippen LogP contribution in [0.3, 0.4) is 0 Å². The number of nitrogens with zero attached hydrogens (tertiary/aromatic N) is 1. The van der Waals surface area contributed by atoms with E-state index in [9.17, 15) is 9.59 Å². The second-order valence-electron chi connectivity index (χ2n) is 4.63. The Morgan fingerprint density at radius 1 is 1.18 bits per heavy atom. The zero-order chi connectivity index (χ0) is 12.4. The van der Waals surface area contributed by atoms with Gasteiger partial charge in [-0.25, -0.2) is 0 Å². The first-order valence-corrected chi connectivity index (χ1v) is 5.74. The van der Waals surface area contributed by atoms with Crippen molar-refractivity contribution < 1.29 is 9.59 Å². The predicted molar refractivity (Wildman–Crippen MR) is 64.8 cm³/mol. The molecule has 0 spiro atoms. The van der Waals surface area contributed by atoms with Gasteiger partial charge in [0.2, 0.25) is 11.8 Å². The van der Waals surface area contributed by atoms with Crippen molar-refractivity contribution in [2.75, 3.05) is 5.73 Å². The minimum Gasteiger partial charge on any atom is -0.399 e. The molecule has 0 radical (unpaired) electrons. The molecule has 1 aromatic carbocycles. The quantitative estimate of drug-likeness (QED) is 0.621. The van der Waals surface area contributed by atoms with Gasteiger partial charge in [0.1, 0.15) is 0 Å². The average molecular weight is 232 g/mol. The van der Waals surface area contributed by atoms with Gasteiger partial charge < -0.3 is 5.73 Å². The van der Waals surface area contributed by atoms with E-state index in [0.717, 1.165) is 5.56 Å². The van der Waals surface area contributed by atoms with Crippen LogP contribution in [0.2, 0.25) is 0 Å². The molecule has 2 rings (SSSR count). The van der Waals surface area contributed by atoms with Gasteiger partial charge in [-0.15, -0.1) is 0 Å². The summed E-state index contributed by atoms with van der Waals surface area (Å²) >= 11 is 0. The molecule has 17 heavy (non-hydrogen) atoms. The van der Waals surface area contributed by atoms with Crippen LogP contribution in [0.1, 0.15) is 25.3 Å². The van der Waals surface area contributed by atoms with E-state index in [1.165, 1.54) is 4.90 Å². The monoisotopic (exact) mass is 232 g/mol. The number of nitrogen functional groups attached to an aromatic ring is 1. The summed E-state index contributed by atoms with van der Waals surface area (Å²) in [5.74, 6) is 0.00816. The number of imide groups is 1. The fourth-order valence-corrected chi connectivity index (χ4v) is 2.01. The Kier molecular flexibility index (Phi) is 3.13. The molecule has 0 aliphatic carbocycles. The zero-order valence-corrected chi connectivity index (χ0v) is 9.85. The zero-order valence-electron chi connectivity index (χ0n) is 9.85. The third-order valence-corrected chi connectivity index (χ3v) is 2.97. The van der Waals surface area contributed by atoms with E-state index in [-0.39, 0.29) is 17.7 Å². The maximum Gasteiger partial charge on any atom is 0.229 e. The lowest BCUT2D eigenvalue weighted by atomic mass is 9.97. The number of hydrogen-bond donors (Lipinski definition) is 1. The maximum absolute atomic E-state index is 11.8. The molecule has 2 N–H and O–H groups in total. The first-order valence-electron chi connectivity index (χ1n) is 5.74. The lowest BCUT2D eigenvalue weighted by Crippen LogP contribution is -2.42. The van der Waals surface area contributed by atoms with Gasteiger partial charge in [-0.3, -0.25) is 14.5 Å². The molecule has 1 heterocycles. The average Bonchev–Trinajstić information content (AvgIpc) is 2.26. The Morgan fingerprint density at radius 3 is 2.24 bits per heavy atom. The molecular formula is C13H16N2O2. The molecule has 1 aliphatic heterocycles. The normalized spacial score (nSPS) is 17.6. The van der Waals surface area contributed by atoms with E-state index in [1.807, 2.05) is 19.1 Å². The molecule has 1 aromatic rings. The van der Waals surface area contributed by atoms with Crippen molar-refractivity contribution in [2.24, 2.45) is 5.92 Å². The lowest BCUT2D eigenvalue weighted by Gasteiger charge is -2.28. The van der Waals surface area contributed by atoms with Gasteiger partial charge >= 0.3 is 0 Å². The van der Waals surface area contributed by atoms with Crippen molar-refractivity contribution in [1.29, 1.82) is 0 Å². The molecule has 0 bridgehead atoms. The largest absolute Gasteiger partial charge is 0.399 e. The first-order chi connectivity index (χ1) is 8.06. The summed E-state index contributed by atoms with van der Waals surface area (Å²) in [6, 6.07) is 7.23. The summed E-state index contributed by atoms with van der Waals surface area (Å²) in [6.07, 6.45) is 0.918. The van der Waals surface area contributed by atoms with Crippen LogP contribution in [0.5, 0.6) is 0 Å². The fourth-order valence-electron chi connectivity index (χ4n) is 2.01. The number of piperidine rings is 1. The number of hydrogen-bond acceptors (Lipinski definition) is 3. The third-order valence-electron chi connectivity index (χ3n) is 2.97. The third kappa shape index (κ3) is 2.64. The highest BCUT2D eigenvalue weighted by Gasteiger charge is 2.29. The molecule has 1 fully saturated rings. The second kappa shape index (κ2) is 4.57. The van der Waals surface area contributed by atoms with Crippen LogP contribution >= 0.6 is 0 Å². The molecule has 1 aliphatic rings. The van der Waals surface area contributed by atoms with Crippen LogP contribution in [-0.2, 0) is 16.1 Å². The van der Waals surface area contributed by atoms with E-state index in [1.54, 1.807) is 12.1 Å². The Morgan fingerprint density at radius 2 is 1.71 bits per heavy atom. The number of anilines is 1. The summed E-state index contributed by atoms with van der Waals surface area (Å²) in [5.41, 5.74) is 7.19. The van der Waals surface area contributed by atoms with Crippen LogP contribution in [0.25, 0.3) is 0 Å². The highest BCUT2D eigenvalue weighted by atomic mass is 16.2. The van der Waals surface area contributed by atoms with Gasteiger partial charge in [-0.1, -0.05) is 19.1 Å². The highest BCUT2D eigenvalue weighted by Crippen LogP contribution is 2.21. The summed E-state index contributed by atoms with van der Waals surface area (Å²) in [5, 5.41) is 0.